The Kier molecular flexibility index (Phi) is 4.26. The Balaban J connectivity index is 1.83. The lowest BCUT2D eigenvalue weighted by molar-refractivity contribution is 1.07. The Morgan fingerprint density at radius 1 is 1.26 bits per heavy atom. The van der Waals surface area contributed by atoms with Crippen molar-refractivity contribution >= 4 is 17.5 Å². The van der Waals surface area contributed by atoms with Crippen LogP contribution in [0.3, 0.4) is 0 Å². The van der Waals surface area contributed by atoms with Crippen LogP contribution in [0.1, 0.15) is 21.8 Å². The van der Waals surface area contributed by atoms with Gasteiger partial charge in [-0.2, -0.15) is 9.64 Å². The van der Waals surface area contributed by atoms with Crippen molar-refractivity contribution in [3.05, 3.63) is 52.4 Å². The molecule has 0 unspecified atom stereocenters. The summed E-state index contributed by atoms with van der Waals surface area (Å²) in [6.45, 7) is 4.34. The number of rotatable bonds is 4. The number of nitrogens with one attached hydrogen (secondary N) is 1. The minimum absolute atomic E-state index is 0.521. The highest BCUT2D eigenvalue weighted by molar-refractivity contribution is 7.05. The van der Waals surface area contributed by atoms with E-state index >= 15 is 0 Å². The van der Waals surface area contributed by atoms with E-state index in [1.807, 2.05) is 32.0 Å². The molecule has 0 amide bonds. The molecule has 0 aromatic carbocycles. The molecular weight excluding hydrogens is 308 g/mol. The molecular formula is C16H14N6S. The highest BCUT2D eigenvalue weighted by Crippen LogP contribution is 2.22. The molecule has 3 aromatic rings. The van der Waals surface area contributed by atoms with E-state index in [0.717, 1.165) is 21.8 Å². The number of hydrogen-bond donors (Lipinski definition) is 1. The lowest BCUT2D eigenvalue weighted by Crippen LogP contribution is -2.03. The molecule has 0 bridgehead atoms. The maximum absolute atomic E-state index is 9.41. The molecule has 1 N–H and O–H groups in total. The Morgan fingerprint density at radius 3 is 2.83 bits per heavy atom. The van der Waals surface area contributed by atoms with Crippen molar-refractivity contribution in [1.29, 1.82) is 5.26 Å². The first-order valence-corrected chi connectivity index (χ1v) is 7.79. The summed E-state index contributed by atoms with van der Waals surface area (Å²) in [7, 11) is 0. The minimum Gasteiger partial charge on any atom is -0.349 e. The van der Waals surface area contributed by atoms with Crippen molar-refractivity contribution in [2.45, 2.75) is 20.4 Å². The van der Waals surface area contributed by atoms with E-state index in [0.29, 0.717) is 23.8 Å². The summed E-state index contributed by atoms with van der Waals surface area (Å²) in [5.74, 6) is 0.597. The number of pyridine rings is 2. The van der Waals surface area contributed by atoms with Crippen molar-refractivity contribution in [3.8, 4) is 17.3 Å². The Bertz CT molecular complexity index is 880. The maximum atomic E-state index is 9.41. The fourth-order valence-corrected chi connectivity index (χ4v) is 2.62. The first-order chi connectivity index (χ1) is 11.2. The average molecular weight is 322 g/mol. The normalized spacial score (nSPS) is 10.3. The van der Waals surface area contributed by atoms with Crippen LogP contribution in [0.4, 0.5) is 5.95 Å². The third-order valence-electron chi connectivity index (χ3n) is 3.21. The maximum Gasteiger partial charge on any atom is 0.235 e. The second-order valence-electron chi connectivity index (χ2n) is 5.03. The first-order valence-electron chi connectivity index (χ1n) is 7.02. The molecule has 3 aromatic heterocycles. The SMILES string of the molecule is Cc1cc(-c2ncc(CNc3nsc(C)n3)cc2C#N)ccn1. The minimum atomic E-state index is 0.521. The van der Waals surface area contributed by atoms with Gasteiger partial charge in [0.25, 0.3) is 0 Å². The summed E-state index contributed by atoms with van der Waals surface area (Å²) >= 11 is 1.35. The van der Waals surface area contributed by atoms with Gasteiger partial charge in [0.1, 0.15) is 11.1 Å². The van der Waals surface area contributed by atoms with Gasteiger partial charge in [-0.15, -0.1) is 0 Å². The standard InChI is InChI=1S/C16H14N6S/c1-10-5-13(3-4-18-10)15-14(7-17)6-12(8-19-15)9-20-16-21-11(2)23-22-16/h3-6,8H,9H2,1-2H3,(H,20,22). The molecule has 7 heteroatoms. The van der Waals surface area contributed by atoms with Crippen molar-refractivity contribution in [3.63, 3.8) is 0 Å². The largest absolute Gasteiger partial charge is 0.349 e. The fraction of sp³-hybridized carbons (Fsp3) is 0.188. The van der Waals surface area contributed by atoms with E-state index in [2.05, 4.69) is 30.7 Å². The van der Waals surface area contributed by atoms with Crippen molar-refractivity contribution in [1.82, 2.24) is 19.3 Å². The number of aryl methyl sites for hydroxylation is 2. The van der Waals surface area contributed by atoms with E-state index in [1.165, 1.54) is 11.5 Å². The van der Waals surface area contributed by atoms with Crippen LogP contribution in [0.25, 0.3) is 11.3 Å². The quantitative estimate of drug-likeness (QED) is 0.794. The van der Waals surface area contributed by atoms with Gasteiger partial charge >= 0.3 is 0 Å². The van der Waals surface area contributed by atoms with E-state index < -0.39 is 0 Å². The Morgan fingerprint density at radius 2 is 2.13 bits per heavy atom. The number of anilines is 1. The van der Waals surface area contributed by atoms with Gasteiger partial charge in [0.2, 0.25) is 5.95 Å². The highest BCUT2D eigenvalue weighted by Gasteiger charge is 2.09. The van der Waals surface area contributed by atoms with Gasteiger partial charge in [-0.1, -0.05) is 0 Å². The molecule has 0 aliphatic carbocycles. The summed E-state index contributed by atoms with van der Waals surface area (Å²) in [4.78, 5) is 12.9. The zero-order valence-electron chi connectivity index (χ0n) is 12.7. The van der Waals surface area contributed by atoms with Crippen LogP contribution in [0.2, 0.25) is 0 Å². The second kappa shape index (κ2) is 6.50. The van der Waals surface area contributed by atoms with Crippen LogP contribution in [-0.4, -0.2) is 19.3 Å². The van der Waals surface area contributed by atoms with Gasteiger partial charge in [0, 0.05) is 30.2 Å². The molecule has 6 nitrogen and oxygen atoms in total. The van der Waals surface area contributed by atoms with E-state index in [9.17, 15) is 5.26 Å². The third-order valence-corrected chi connectivity index (χ3v) is 3.83. The third kappa shape index (κ3) is 3.49. The first kappa shape index (κ1) is 15.1. The lowest BCUT2D eigenvalue weighted by Gasteiger charge is -2.07. The van der Waals surface area contributed by atoms with Crippen molar-refractivity contribution in [2.75, 3.05) is 5.32 Å². The van der Waals surface area contributed by atoms with Crippen LogP contribution >= 0.6 is 11.5 Å². The molecule has 0 fully saturated rings. The van der Waals surface area contributed by atoms with Gasteiger partial charge in [-0.05, 0) is 49.1 Å². The summed E-state index contributed by atoms with van der Waals surface area (Å²) < 4.78 is 4.18. The van der Waals surface area contributed by atoms with Gasteiger partial charge in [-0.3, -0.25) is 9.97 Å². The topological polar surface area (TPSA) is 87.4 Å². The van der Waals surface area contributed by atoms with Gasteiger partial charge in [0.05, 0.1) is 11.3 Å². The molecule has 0 radical (unpaired) electrons. The summed E-state index contributed by atoms with van der Waals surface area (Å²) in [6.07, 6.45) is 3.48. The Labute approximate surface area is 138 Å². The Hall–Kier alpha value is -2.85. The lowest BCUT2D eigenvalue weighted by atomic mass is 10.1. The van der Waals surface area contributed by atoms with E-state index in [1.54, 1.807) is 12.4 Å². The summed E-state index contributed by atoms with van der Waals surface area (Å²) in [5.41, 5.74) is 3.90. The van der Waals surface area contributed by atoms with Gasteiger partial charge in [-0.25, -0.2) is 4.98 Å². The number of nitrogens with zero attached hydrogens (tertiary/aromatic N) is 5. The number of nitriles is 1. The molecule has 3 heterocycles. The molecule has 0 aliphatic rings. The predicted molar refractivity (Wildman–Crippen MR) is 88.9 cm³/mol. The molecule has 23 heavy (non-hydrogen) atoms. The van der Waals surface area contributed by atoms with Crippen molar-refractivity contribution in [2.24, 2.45) is 0 Å². The van der Waals surface area contributed by atoms with Gasteiger partial charge < -0.3 is 5.32 Å². The highest BCUT2D eigenvalue weighted by atomic mass is 32.1. The van der Waals surface area contributed by atoms with Crippen LogP contribution < -0.4 is 5.32 Å². The van der Waals surface area contributed by atoms with Crippen LogP contribution in [0.5, 0.6) is 0 Å². The van der Waals surface area contributed by atoms with Crippen LogP contribution in [0, 0.1) is 25.2 Å². The van der Waals surface area contributed by atoms with Crippen molar-refractivity contribution < 1.29 is 0 Å². The number of aromatic nitrogens is 4. The zero-order valence-corrected chi connectivity index (χ0v) is 13.6. The van der Waals surface area contributed by atoms with E-state index in [-0.39, 0.29) is 0 Å². The van der Waals surface area contributed by atoms with Crippen LogP contribution in [0.15, 0.2) is 30.6 Å². The van der Waals surface area contributed by atoms with E-state index in [4.69, 9.17) is 0 Å². The summed E-state index contributed by atoms with van der Waals surface area (Å²) in [6, 6.07) is 7.83. The molecule has 0 saturated carbocycles. The smallest absolute Gasteiger partial charge is 0.235 e. The molecule has 3 rings (SSSR count). The molecule has 0 atom stereocenters. The zero-order chi connectivity index (χ0) is 16.2. The number of hydrogen-bond acceptors (Lipinski definition) is 7. The van der Waals surface area contributed by atoms with Crippen LogP contribution in [-0.2, 0) is 6.54 Å². The molecule has 0 saturated heterocycles. The monoisotopic (exact) mass is 322 g/mol. The average Bonchev–Trinajstić information content (AvgIpc) is 2.98. The second-order valence-corrected chi connectivity index (χ2v) is 5.98. The molecule has 0 spiro atoms. The molecule has 0 aliphatic heterocycles. The predicted octanol–water partition coefficient (Wildman–Crippen LogP) is 3.10. The fourth-order valence-electron chi connectivity index (χ4n) is 2.16. The summed E-state index contributed by atoms with van der Waals surface area (Å²) in [5, 5.41) is 13.5. The molecule has 114 valence electrons. The van der Waals surface area contributed by atoms with Gasteiger partial charge in [0.15, 0.2) is 0 Å².